The van der Waals surface area contributed by atoms with E-state index in [0.717, 1.165) is 24.6 Å². The van der Waals surface area contributed by atoms with Gasteiger partial charge in [0.15, 0.2) is 0 Å². The summed E-state index contributed by atoms with van der Waals surface area (Å²) in [7, 11) is 0. The summed E-state index contributed by atoms with van der Waals surface area (Å²) in [4.78, 5) is 12.0. The number of nitrogens with zero attached hydrogens (tertiary/aromatic N) is 1. The molecule has 2 rings (SSSR count). The Morgan fingerprint density at radius 2 is 2.09 bits per heavy atom. The van der Waals surface area contributed by atoms with Gasteiger partial charge in [-0.2, -0.15) is 5.26 Å². The number of rotatable bonds is 6. The van der Waals surface area contributed by atoms with E-state index in [1.807, 2.05) is 0 Å². The number of nitrogens with one attached hydrogen (secondary N) is 1. The molecule has 1 fully saturated rings. The number of benzene rings is 1. The summed E-state index contributed by atoms with van der Waals surface area (Å²) in [5, 5.41) is 11.4. The van der Waals surface area contributed by atoms with Gasteiger partial charge in [0, 0.05) is 10.8 Å². The van der Waals surface area contributed by atoms with Gasteiger partial charge in [-0.25, -0.2) is 8.78 Å². The Labute approximate surface area is 133 Å². The first kappa shape index (κ1) is 16.8. The number of nitriles is 1. The number of hydrogen-bond acceptors (Lipinski definition) is 3. The van der Waals surface area contributed by atoms with Crippen LogP contribution in [0.15, 0.2) is 18.2 Å². The lowest BCUT2D eigenvalue weighted by atomic mass is 9.98. The smallest absolute Gasteiger partial charge is 0.231 e. The summed E-state index contributed by atoms with van der Waals surface area (Å²) in [6.45, 7) is 3.37. The quantitative estimate of drug-likeness (QED) is 0.870. The van der Waals surface area contributed by atoms with Crippen LogP contribution in [0.25, 0.3) is 0 Å². The molecule has 1 aromatic carbocycles. The number of carbonyl (C=O) groups is 1. The second-order valence-corrected chi connectivity index (χ2v) is 7.05. The largest absolute Gasteiger partial charge is 0.337 e. The normalized spacial score (nSPS) is 18.1. The zero-order valence-corrected chi connectivity index (χ0v) is 13.3. The SMILES string of the molecule is C[C@@H](SCC(=O)N[C@](C)(C#N)C1CC1)c1c(F)cccc1F. The van der Waals surface area contributed by atoms with Crippen molar-refractivity contribution in [3.8, 4) is 6.07 Å². The van der Waals surface area contributed by atoms with E-state index in [2.05, 4.69) is 11.4 Å². The van der Waals surface area contributed by atoms with Crippen LogP contribution in [-0.2, 0) is 4.79 Å². The highest BCUT2D eigenvalue weighted by Crippen LogP contribution is 2.39. The topological polar surface area (TPSA) is 52.9 Å². The van der Waals surface area contributed by atoms with Crippen LogP contribution in [0.2, 0.25) is 0 Å². The Morgan fingerprint density at radius 3 is 2.59 bits per heavy atom. The molecular formula is C16H18F2N2OS. The molecule has 1 aliphatic carbocycles. The van der Waals surface area contributed by atoms with Crippen molar-refractivity contribution in [3.05, 3.63) is 35.4 Å². The average molecular weight is 324 g/mol. The molecule has 0 heterocycles. The molecule has 1 aliphatic rings. The van der Waals surface area contributed by atoms with Gasteiger partial charge in [0.05, 0.1) is 11.8 Å². The zero-order chi connectivity index (χ0) is 16.3. The van der Waals surface area contributed by atoms with Gasteiger partial charge in [-0.3, -0.25) is 4.79 Å². The Kier molecular flexibility index (Phi) is 5.07. The van der Waals surface area contributed by atoms with E-state index in [-0.39, 0.29) is 23.1 Å². The second-order valence-electron chi connectivity index (χ2n) is 5.73. The standard InChI is InChI=1S/C16H18F2N2OS/c1-10(15-12(17)4-3-5-13(15)18)22-8-14(21)20-16(2,9-19)11-6-7-11/h3-5,10-11H,6-8H2,1-2H3,(H,20,21)/t10-,16-/m1/s1. The molecule has 0 aromatic heterocycles. The summed E-state index contributed by atoms with van der Waals surface area (Å²) in [6, 6.07) is 5.87. The molecule has 1 amide bonds. The predicted octanol–water partition coefficient (Wildman–Crippen LogP) is 3.57. The molecule has 1 saturated carbocycles. The number of carbonyl (C=O) groups excluding carboxylic acids is 1. The summed E-state index contributed by atoms with van der Waals surface area (Å²) >= 11 is 1.15. The van der Waals surface area contributed by atoms with E-state index in [1.54, 1.807) is 13.8 Å². The van der Waals surface area contributed by atoms with Crippen molar-refractivity contribution in [1.82, 2.24) is 5.32 Å². The number of amides is 1. The van der Waals surface area contributed by atoms with Crippen LogP contribution in [-0.4, -0.2) is 17.2 Å². The molecule has 0 spiro atoms. The molecule has 0 bridgehead atoms. The van der Waals surface area contributed by atoms with Crippen LogP contribution in [0.4, 0.5) is 8.78 Å². The minimum Gasteiger partial charge on any atom is -0.337 e. The van der Waals surface area contributed by atoms with Gasteiger partial charge in [-0.1, -0.05) is 6.07 Å². The maximum atomic E-state index is 13.7. The fourth-order valence-corrected chi connectivity index (χ4v) is 3.26. The van der Waals surface area contributed by atoms with Crippen molar-refractivity contribution in [2.45, 2.75) is 37.5 Å². The van der Waals surface area contributed by atoms with Crippen molar-refractivity contribution in [2.24, 2.45) is 5.92 Å². The van der Waals surface area contributed by atoms with Crippen LogP contribution >= 0.6 is 11.8 Å². The minimum absolute atomic E-state index is 0.0227. The van der Waals surface area contributed by atoms with Crippen molar-refractivity contribution < 1.29 is 13.6 Å². The molecule has 118 valence electrons. The van der Waals surface area contributed by atoms with Crippen molar-refractivity contribution in [3.63, 3.8) is 0 Å². The van der Waals surface area contributed by atoms with E-state index in [9.17, 15) is 18.8 Å². The van der Waals surface area contributed by atoms with Gasteiger partial charge in [0.25, 0.3) is 0 Å². The van der Waals surface area contributed by atoms with Gasteiger partial charge < -0.3 is 5.32 Å². The summed E-state index contributed by atoms with van der Waals surface area (Å²) in [5.41, 5.74) is -0.866. The first-order valence-corrected chi connectivity index (χ1v) is 8.20. The third kappa shape index (κ3) is 3.77. The third-order valence-corrected chi connectivity index (χ3v) is 5.06. The lowest BCUT2D eigenvalue weighted by Gasteiger charge is -2.23. The van der Waals surface area contributed by atoms with Crippen molar-refractivity contribution >= 4 is 17.7 Å². The van der Waals surface area contributed by atoms with Gasteiger partial charge in [-0.05, 0) is 44.7 Å². The van der Waals surface area contributed by atoms with Gasteiger partial charge in [0.2, 0.25) is 5.91 Å². The third-order valence-electron chi connectivity index (χ3n) is 3.90. The molecule has 0 saturated heterocycles. The molecule has 1 aromatic rings. The van der Waals surface area contributed by atoms with Gasteiger partial charge in [0.1, 0.15) is 17.2 Å². The number of hydrogen-bond donors (Lipinski definition) is 1. The van der Waals surface area contributed by atoms with E-state index in [0.29, 0.717) is 0 Å². The van der Waals surface area contributed by atoms with E-state index in [1.165, 1.54) is 18.2 Å². The predicted molar refractivity (Wildman–Crippen MR) is 82.1 cm³/mol. The highest BCUT2D eigenvalue weighted by Gasteiger charge is 2.42. The maximum Gasteiger partial charge on any atom is 0.231 e. The molecule has 0 radical (unpaired) electrons. The lowest BCUT2D eigenvalue weighted by Crippen LogP contribution is -2.47. The fourth-order valence-electron chi connectivity index (χ4n) is 2.39. The Hall–Kier alpha value is -1.61. The van der Waals surface area contributed by atoms with E-state index in [4.69, 9.17) is 0 Å². The molecular weight excluding hydrogens is 306 g/mol. The van der Waals surface area contributed by atoms with Crippen molar-refractivity contribution in [1.29, 1.82) is 5.26 Å². The first-order chi connectivity index (χ1) is 10.4. The summed E-state index contributed by atoms with van der Waals surface area (Å²) in [6.07, 6.45) is 1.88. The Balaban J connectivity index is 1.92. The molecule has 3 nitrogen and oxygen atoms in total. The average Bonchev–Trinajstić information content (AvgIpc) is 3.30. The van der Waals surface area contributed by atoms with Crippen LogP contribution < -0.4 is 5.32 Å². The lowest BCUT2D eigenvalue weighted by molar-refractivity contribution is -0.119. The summed E-state index contributed by atoms with van der Waals surface area (Å²) < 4.78 is 27.3. The molecule has 0 unspecified atom stereocenters. The second kappa shape index (κ2) is 6.66. The van der Waals surface area contributed by atoms with Crippen LogP contribution in [0.1, 0.15) is 37.5 Å². The fraction of sp³-hybridized carbons (Fsp3) is 0.500. The molecule has 22 heavy (non-hydrogen) atoms. The van der Waals surface area contributed by atoms with Crippen LogP contribution in [0, 0.1) is 28.9 Å². The van der Waals surface area contributed by atoms with E-state index < -0.39 is 22.4 Å². The molecule has 1 N–H and O–H groups in total. The monoisotopic (exact) mass is 324 g/mol. The summed E-state index contributed by atoms with van der Waals surface area (Å²) in [5.74, 6) is -1.25. The van der Waals surface area contributed by atoms with E-state index >= 15 is 0 Å². The Morgan fingerprint density at radius 1 is 1.50 bits per heavy atom. The number of halogens is 2. The van der Waals surface area contributed by atoms with Crippen LogP contribution in [0.5, 0.6) is 0 Å². The van der Waals surface area contributed by atoms with Gasteiger partial charge >= 0.3 is 0 Å². The minimum atomic E-state index is -0.843. The molecule has 2 atom stereocenters. The first-order valence-electron chi connectivity index (χ1n) is 7.15. The highest BCUT2D eigenvalue weighted by molar-refractivity contribution is 8.00. The zero-order valence-electron chi connectivity index (χ0n) is 12.5. The molecule has 6 heteroatoms. The number of thioether (sulfide) groups is 1. The van der Waals surface area contributed by atoms with Crippen LogP contribution in [0.3, 0.4) is 0 Å². The molecule has 0 aliphatic heterocycles. The maximum absolute atomic E-state index is 13.7. The van der Waals surface area contributed by atoms with Crippen molar-refractivity contribution in [2.75, 3.05) is 5.75 Å². The van der Waals surface area contributed by atoms with Gasteiger partial charge in [-0.15, -0.1) is 11.8 Å². The highest BCUT2D eigenvalue weighted by atomic mass is 32.2. The Bertz CT molecular complexity index is 592.